The number of hydrazone groups is 1. The molecule has 1 N–H and O–H groups in total. The van der Waals surface area contributed by atoms with Gasteiger partial charge in [0.15, 0.2) is 29.6 Å². The van der Waals surface area contributed by atoms with Crippen LogP contribution in [0.3, 0.4) is 0 Å². The van der Waals surface area contributed by atoms with E-state index in [0.29, 0.717) is 36.0 Å². The van der Waals surface area contributed by atoms with Crippen LogP contribution in [0.5, 0.6) is 23.0 Å². The van der Waals surface area contributed by atoms with Crippen molar-refractivity contribution >= 4 is 29.7 Å². The number of hydrogen-bond acceptors (Lipinski definition) is 8. The zero-order chi connectivity index (χ0) is 22.2. The minimum Gasteiger partial charge on any atom is -0.493 e. The normalized spacial score (nSPS) is 12.4. The van der Waals surface area contributed by atoms with Crippen molar-refractivity contribution in [1.82, 2.24) is 5.43 Å². The Morgan fingerprint density at radius 1 is 1.16 bits per heavy atom. The smallest absolute Gasteiger partial charge is 0.343 e. The van der Waals surface area contributed by atoms with Crippen LogP contribution in [0.25, 0.3) is 0 Å². The average molecular weight is 449 g/mol. The summed E-state index contributed by atoms with van der Waals surface area (Å²) in [6.07, 6.45) is 1.54. The van der Waals surface area contributed by atoms with Crippen molar-refractivity contribution < 1.29 is 33.3 Å². The Balaban J connectivity index is 1.60. The molecule has 2 aromatic rings. The number of rotatable bonds is 8. The number of nitrogens with one attached hydrogen (secondary N) is 1. The Morgan fingerprint density at radius 2 is 1.94 bits per heavy atom. The molecule has 0 saturated heterocycles. The molecule has 31 heavy (non-hydrogen) atoms. The van der Waals surface area contributed by atoms with Gasteiger partial charge < -0.3 is 23.7 Å². The van der Waals surface area contributed by atoms with Gasteiger partial charge in [-0.15, -0.1) is 0 Å². The third kappa shape index (κ3) is 6.02. The Labute approximate surface area is 183 Å². The Bertz CT molecular complexity index is 994. The molecule has 0 aromatic heterocycles. The van der Waals surface area contributed by atoms with Crippen LogP contribution in [0, 0.1) is 0 Å². The second-order valence-electron chi connectivity index (χ2n) is 6.35. The predicted octanol–water partition coefficient (Wildman–Crippen LogP) is 2.36. The summed E-state index contributed by atoms with van der Waals surface area (Å²) in [5.74, 6) is 0.942. The summed E-state index contributed by atoms with van der Waals surface area (Å²) < 4.78 is 26.1. The second kappa shape index (κ2) is 10.5. The first kappa shape index (κ1) is 22.2. The highest BCUT2D eigenvalue weighted by molar-refractivity contribution is 6.32. The number of carbonyl (C=O) groups excluding carboxylic acids is 2. The van der Waals surface area contributed by atoms with Gasteiger partial charge in [-0.2, -0.15) is 5.10 Å². The molecule has 0 bridgehead atoms. The topological polar surface area (TPSA) is 105 Å². The Kier molecular flexibility index (Phi) is 7.55. The molecular formula is C21H21ClN2O7. The van der Waals surface area contributed by atoms with Gasteiger partial charge >= 0.3 is 5.97 Å². The van der Waals surface area contributed by atoms with Crippen LogP contribution in [-0.2, 0) is 20.7 Å². The monoisotopic (exact) mass is 448 g/mol. The zero-order valence-electron chi connectivity index (χ0n) is 17.0. The summed E-state index contributed by atoms with van der Waals surface area (Å²) in [6.45, 7) is 0.677. The van der Waals surface area contributed by atoms with E-state index in [1.807, 2.05) is 0 Å². The lowest BCUT2D eigenvalue weighted by atomic mass is 10.1. The largest absolute Gasteiger partial charge is 0.493 e. The second-order valence-corrected chi connectivity index (χ2v) is 6.75. The van der Waals surface area contributed by atoms with Crippen LogP contribution in [0.15, 0.2) is 35.4 Å². The maximum atomic E-state index is 12.2. The van der Waals surface area contributed by atoms with E-state index in [2.05, 4.69) is 15.3 Å². The number of hydrogen-bond donors (Lipinski definition) is 1. The summed E-state index contributed by atoms with van der Waals surface area (Å²) in [4.78, 5) is 23.4. The zero-order valence-corrected chi connectivity index (χ0v) is 17.7. The molecule has 1 amide bonds. The molecule has 9 nitrogen and oxygen atoms in total. The fourth-order valence-corrected chi connectivity index (χ4v) is 3.02. The molecule has 0 saturated carbocycles. The minimum absolute atomic E-state index is 0.123. The van der Waals surface area contributed by atoms with Gasteiger partial charge in [-0.1, -0.05) is 17.7 Å². The van der Waals surface area contributed by atoms with E-state index < -0.39 is 5.97 Å². The third-order valence-electron chi connectivity index (χ3n) is 4.19. The first-order valence-corrected chi connectivity index (χ1v) is 9.65. The first-order valence-electron chi connectivity index (χ1n) is 9.27. The number of carbonyl (C=O) groups is 2. The molecule has 1 heterocycles. The van der Waals surface area contributed by atoms with E-state index in [1.54, 1.807) is 30.3 Å². The molecule has 0 fully saturated rings. The number of esters is 1. The summed E-state index contributed by atoms with van der Waals surface area (Å²) in [5.41, 5.74) is 3.80. The highest BCUT2D eigenvalue weighted by Gasteiger charge is 2.15. The number of amides is 1. The van der Waals surface area contributed by atoms with Crippen molar-refractivity contribution in [3.63, 3.8) is 0 Å². The molecule has 0 unspecified atom stereocenters. The minimum atomic E-state index is -0.551. The van der Waals surface area contributed by atoms with Gasteiger partial charge in [-0.05, 0) is 35.4 Å². The van der Waals surface area contributed by atoms with Crippen LogP contribution < -0.4 is 24.4 Å². The summed E-state index contributed by atoms with van der Waals surface area (Å²) in [5, 5.41) is 4.16. The van der Waals surface area contributed by atoms with E-state index in [9.17, 15) is 9.59 Å². The van der Waals surface area contributed by atoms with Gasteiger partial charge in [0.25, 0.3) is 0 Å². The quantitative estimate of drug-likeness (QED) is 0.375. The number of methoxy groups -OCH3 is 2. The van der Waals surface area contributed by atoms with E-state index >= 15 is 0 Å². The average Bonchev–Trinajstić information content (AvgIpc) is 2.77. The number of nitrogens with zero attached hydrogens (tertiary/aromatic N) is 1. The van der Waals surface area contributed by atoms with Crippen molar-refractivity contribution in [3.05, 3.63) is 46.5 Å². The van der Waals surface area contributed by atoms with Crippen LogP contribution in [-0.4, -0.2) is 52.1 Å². The van der Waals surface area contributed by atoms with Crippen molar-refractivity contribution in [1.29, 1.82) is 0 Å². The van der Waals surface area contributed by atoms with E-state index in [4.69, 9.17) is 30.5 Å². The first-order chi connectivity index (χ1) is 15.0. The fraction of sp³-hybridized carbons (Fsp3) is 0.286. The van der Waals surface area contributed by atoms with Crippen molar-refractivity contribution in [2.24, 2.45) is 5.10 Å². The van der Waals surface area contributed by atoms with Gasteiger partial charge in [0.05, 0.1) is 31.9 Å². The molecule has 1 aliphatic rings. The fourth-order valence-electron chi connectivity index (χ4n) is 2.75. The van der Waals surface area contributed by atoms with Crippen LogP contribution in [0.1, 0.15) is 11.1 Å². The van der Waals surface area contributed by atoms with E-state index in [-0.39, 0.29) is 29.7 Å². The standard InChI is InChI=1S/C21H21ClN2O7/c1-27-18-9-14(7-15(22)21(18)31-12-20(26)28-2)11-23-24-19(25)10-13-3-4-16-17(8-13)30-6-5-29-16/h3-4,7-9,11H,5-6,10,12H2,1-2H3,(H,24,25)/b23-11+. The van der Waals surface area contributed by atoms with Crippen molar-refractivity contribution in [3.8, 4) is 23.0 Å². The van der Waals surface area contributed by atoms with Crippen molar-refractivity contribution in [2.45, 2.75) is 6.42 Å². The maximum absolute atomic E-state index is 12.2. The maximum Gasteiger partial charge on any atom is 0.343 e. The van der Waals surface area contributed by atoms with Gasteiger partial charge in [0.2, 0.25) is 5.91 Å². The summed E-state index contributed by atoms with van der Waals surface area (Å²) in [7, 11) is 2.69. The third-order valence-corrected chi connectivity index (χ3v) is 4.47. The Hall–Kier alpha value is -3.46. The van der Waals surface area contributed by atoms with Crippen LogP contribution >= 0.6 is 11.6 Å². The van der Waals surface area contributed by atoms with Crippen LogP contribution in [0.4, 0.5) is 0 Å². The molecule has 1 aliphatic heterocycles. The molecule has 3 rings (SSSR count). The lowest BCUT2D eigenvalue weighted by molar-refractivity contribution is -0.142. The molecule has 0 radical (unpaired) electrons. The molecular weight excluding hydrogens is 428 g/mol. The molecule has 10 heteroatoms. The molecule has 0 aliphatic carbocycles. The SMILES string of the molecule is COC(=O)COc1c(Cl)cc(/C=N/NC(=O)Cc2ccc3c(c2)OCCO3)cc1OC. The van der Waals surface area contributed by atoms with Gasteiger partial charge in [0, 0.05) is 0 Å². The Morgan fingerprint density at radius 3 is 2.68 bits per heavy atom. The van der Waals surface area contributed by atoms with Gasteiger partial charge in [0.1, 0.15) is 13.2 Å². The number of benzene rings is 2. The summed E-state index contributed by atoms with van der Waals surface area (Å²) in [6, 6.07) is 8.52. The predicted molar refractivity (Wildman–Crippen MR) is 112 cm³/mol. The lowest BCUT2D eigenvalue weighted by Crippen LogP contribution is -2.20. The van der Waals surface area contributed by atoms with E-state index in [0.717, 1.165) is 5.56 Å². The highest BCUT2D eigenvalue weighted by atomic mass is 35.5. The van der Waals surface area contributed by atoms with Crippen LogP contribution in [0.2, 0.25) is 5.02 Å². The highest BCUT2D eigenvalue weighted by Crippen LogP contribution is 2.36. The summed E-state index contributed by atoms with van der Waals surface area (Å²) >= 11 is 6.22. The van der Waals surface area contributed by atoms with Gasteiger partial charge in [-0.25, -0.2) is 10.2 Å². The molecule has 0 spiro atoms. The number of fused-ring (bicyclic) bond motifs is 1. The molecule has 0 atom stereocenters. The van der Waals surface area contributed by atoms with Crippen molar-refractivity contribution in [2.75, 3.05) is 34.0 Å². The van der Waals surface area contributed by atoms with E-state index in [1.165, 1.54) is 20.4 Å². The number of ether oxygens (including phenoxy) is 5. The number of halogens is 1. The lowest BCUT2D eigenvalue weighted by Gasteiger charge is -2.18. The molecule has 2 aromatic carbocycles. The molecule has 164 valence electrons. The van der Waals surface area contributed by atoms with Gasteiger partial charge in [-0.3, -0.25) is 4.79 Å².